The molecule has 0 bridgehead atoms. The Kier molecular flexibility index (Phi) is 5.30. The minimum absolute atomic E-state index is 0.117. The van der Waals surface area contributed by atoms with Crippen LogP contribution in [0.2, 0.25) is 0 Å². The number of esters is 1. The smallest absolute Gasteiger partial charge is 0.323 e. The Labute approximate surface area is 139 Å². The minimum Gasteiger partial charge on any atom is -0.465 e. The molecule has 0 aromatic carbocycles. The van der Waals surface area contributed by atoms with Gasteiger partial charge in [-0.25, -0.2) is 15.0 Å². The lowest BCUT2D eigenvalue weighted by molar-refractivity contribution is -0.151. The van der Waals surface area contributed by atoms with E-state index in [-0.39, 0.29) is 12.0 Å². The van der Waals surface area contributed by atoms with Crippen molar-refractivity contribution in [3.8, 4) is 10.8 Å². The maximum Gasteiger partial charge on any atom is 0.323 e. The van der Waals surface area contributed by atoms with Crippen molar-refractivity contribution >= 4 is 17.3 Å². The van der Waals surface area contributed by atoms with Crippen LogP contribution in [0.25, 0.3) is 10.8 Å². The van der Waals surface area contributed by atoms with Crippen molar-refractivity contribution in [2.24, 2.45) is 0 Å². The highest BCUT2D eigenvalue weighted by molar-refractivity contribution is 7.13. The number of hydrogen-bond donors (Lipinski definition) is 0. The summed E-state index contributed by atoms with van der Waals surface area (Å²) >= 11 is 1.53. The molecule has 1 aliphatic rings. The van der Waals surface area contributed by atoms with E-state index in [4.69, 9.17) is 4.74 Å². The van der Waals surface area contributed by atoms with Gasteiger partial charge in [0.2, 0.25) is 0 Å². The molecular weight excluding hydrogens is 312 g/mol. The van der Waals surface area contributed by atoms with Crippen LogP contribution >= 0.6 is 11.3 Å². The molecular formula is C16H20N4O2S. The quantitative estimate of drug-likeness (QED) is 0.784. The number of piperidine rings is 1. The third-order valence-electron chi connectivity index (χ3n) is 3.85. The van der Waals surface area contributed by atoms with Crippen LogP contribution in [0.5, 0.6) is 0 Å². The van der Waals surface area contributed by atoms with Gasteiger partial charge in [-0.1, -0.05) is 6.42 Å². The van der Waals surface area contributed by atoms with E-state index in [1.54, 1.807) is 18.5 Å². The van der Waals surface area contributed by atoms with Crippen LogP contribution < -0.4 is 0 Å². The molecule has 0 aliphatic carbocycles. The first-order valence-electron chi connectivity index (χ1n) is 7.90. The number of nitrogens with zero attached hydrogens (tertiary/aromatic N) is 4. The van der Waals surface area contributed by atoms with Crippen LogP contribution in [0.1, 0.15) is 31.9 Å². The van der Waals surface area contributed by atoms with Crippen molar-refractivity contribution in [3.05, 3.63) is 29.5 Å². The second-order valence-electron chi connectivity index (χ2n) is 5.45. The normalized spacial score (nSPS) is 18.7. The van der Waals surface area contributed by atoms with Crippen LogP contribution in [0, 0.1) is 0 Å². The number of carbonyl (C=O) groups excluding carboxylic acids is 1. The van der Waals surface area contributed by atoms with Crippen molar-refractivity contribution in [1.82, 2.24) is 19.9 Å². The Morgan fingerprint density at radius 3 is 3.00 bits per heavy atom. The number of rotatable bonds is 5. The predicted octanol–water partition coefficient (Wildman–Crippen LogP) is 2.52. The average molecular weight is 332 g/mol. The van der Waals surface area contributed by atoms with Crippen LogP contribution in [0.4, 0.5) is 0 Å². The summed E-state index contributed by atoms with van der Waals surface area (Å²) in [5, 5.41) is 2.83. The van der Waals surface area contributed by atoms with Crippen LogP contribution in [-0.2, 0) is 16.1 Å². The highest BCUT2D eigenvalue weighted by Crippen LogP contribution is 2.24. The third-order valence-corrected chi connectivity index (χ3v) is 4.73. The fourth-order valence-electron chi connectivity index (χ4n) is 2.79. The molecule has 1 aliphatic heterocycles. The fraction of sp³-hybridized carbons (Fsp3) is 0.500. The monoisotopic (exact) mass is 332 g/mol. The van der Waals surface area contributed by atoms with E-state index in [0.717, 1.165) is 36.5 Å². The summed E-state index contributed by atoms with van der Waals surface area (Å²) in [6, 6.07) is 1.64. The summed E-state index contributed by atoms with van der Waals surface area (Å²) < 4.78 is 5.21. The third kappa shape index (κ3) is 3.92. The van der Waals surface area contributed by atoms with Gasteiger partial charge in [0.05, 0.1) is 12.3 Å². The molecule has 3 heterocycles. The minimum atomic E-state index is -0.151. The van der Waals surface area contributed by atoms with E-state index in [2.05, 4.69) is 19.9 Å². The van der Waals surface area contributed by atoms with E-state index in [1.165, 1.54) is 11.3 Å². The first-order chi connectivity index (χ1) is 11.3. The molecule has 0 N–H and O–H groups in total. The lowest BCUT2D eigenvalue weighted by Crippen LogP contribution is -2.45. The van der Waals surface area contributed by atoms with Gasteiger partial charge in [-0.3, -0.25) is 9.69 Å². The number of hydrogen-bond acceptors (Lipinski definition) is 7. The van der Waals surface area contributed by atoms with Gasteiger partial charge in [-0.15, -0.1) is 11.3 Å². The molecule has 2 aromatic rings. The molecule has 0 radical (unpaired) electrons. The molecule has 2 aromatic heterocycles. The van der Waals surface area contributed by atoms with E-state index < -0.39 is 0 Å². The zero-order valence-corrected chi connectivity index (χ0v) is 14.0. The second-order valence-corrected chi connectivity index (χ2v) is 6.31. The number of likely N-dealkylation sites (tertiary alicyclic amines) is 1. The standard InChI is InChI=1S/C16H20N4O2S/c1-2-22-16(21)13-6-3-4-9-20(13)10-12-11-23-15(19-12)14-17-7-5-8-18-14/h5,7-8,11,13H,2-4,6,9-10H2,1H3/t13-/m1/s1. The van der Waals surface area contributed by atoms with Gasteiger partial charge in [0.15, 0.2) is 10.8 Å². The van der Waals surface area contributed by atoms with Crippen LogP contribution in [0.3, 0.4) is 0 Å². The van der Waals surface area contributed by atoms with Gasteiger partial charge in [-0.2, -0.15) is 0 Å². The summed E-state index contributed by atoms with van der Waals surface area (Å²) in [6.45, 7) is 3.83. The van der Waals surface area contributed by atoms with Gasteiger partial charge >= 0.3 is 5.97 Å². The Hall–Kier alpha value is -1.86. The van der Waals surface area contributed by atoms with Crippen LogP contribution in [-0.4, -0.2) is 45.0 Å². The van der Waals surface area contributed by atoms with Gasteiger partial charge in [0, 0.05) is 24.3 Å². The highest BCUT2D eigenvalue weighted by atomic mass is 32.1. The van der Waals surface area contributed by atoms with Gasteiger partial charge in [-0.05, 0) is 32.4 Å². The first-order valence-corrected chi connectivity index (χ1v) is 8.78. The lowest BCUT2D eigenvalue weighted by atomic mass is 10.0. The van der Waals surface area contributed by atoms with Gasteiger partial charge in [0.1, 0.15) is 6.04 Å². The Morgan fingerprint density at radius 2 is 2.22 bits per heavy atom. The largest absolute Gasteiger partial charge is 0.465 e. The zero-order chi connectivity index (χ0) is 16.1. The predicted molar refractivity (Wildman–Crippen MR) is 87.8 cm³/mol. The van der Waals surface area contributed by atoms with E-state index in [9.17, 15) is 4.79 Å². The summed E-state index contributed by atoms with van der Waals surface area (Å²) in [6.07, 6.45) is 6.46. The summed E-state index contributed by atoms with van der Waals surface area (Å²) in [7, 11) is 0. The maximum absolute atomic E-state index is 12.1. The molecule has 3 rings (SSSR count). The number of carbonyl (C=O) groups is 1. The first kappa shape index (κ1) is 16.0. The lowest BCUT2D eigenvalue weighted by Gasteiger charge is -2.33. The van der Waals surface area contributed by atoms with E-state index in [1.807, 2.05) is 12.3 Å². The SMILES string of the molecule is CCOC(=O)[C@H]1CCCCN1Cc1csc(-c2ncccn2)n1. The van der Waals surface area contributed by atoms with Crippen molar-refractivity contribution in [2.45, 2.75) is 38.8 Å². The molecule has 0 amide bonds. The molecule has 23 heavy (non-hydrogen) atoms. The van der Waals surface area contributed by atoms with Crippen molar-refractivity contribution in [3.63, 3.8) is 0 Å². The van der Waals surface area contributed by atoms with E-state index in [0.29, 0.717) is 19.0 Å². The van der Waals surface area contributed by atoms with Crippen molar-refractivity contribution in [2.75, 3.05) is 13.2 Å². The van der Waals surface area contributed by atoms with Gasteiger partial charge < -0.3 is 4.74 Å². The summed E-state index contributed by atoms with van der Waals surface area (Å²) in [5.74, 6) is 0.526. The number of ether oxygens (including phenoxy) is 1. The van der Waals surface area contributed by atoms with Crippen LogP contribution in [0.15, 0.2) is 23.8 Å². The zero-order valence-electron chi connectivity index (χ0n) is 13.1. The molecule has 0 unspecified atom stereocenters. The van der Waals surface area contributed by atoms with Crippen molar-refractivity contribution < 1.29 is 9.53 Å². The second kappa shape index (κ2) is 7.61. The van der Waals surface area contributed by atoms with Crippen molar-refractivity contribution in [1.29, 1.82) is 0 Å². The summed E-state index contributed by atoms with van der Waals surface area (Å²) in [4.78, 5) is 27.4. The fourth-order valence-corrected chi connectivity index (χ4v) is 3.54. The van der Waals surface area contributed by atoms with E-state index >= 15 is 0 Å². The topological polar surface area (TPSA) is 68.2 Å². The Bertz CT molecular complexity index is 647. The maximum atomic E-state index is 12.1. The molecule has 122 valence electrons. The summed E-state index contributed by atoms with van der Waals surface area (Å²) in [5.41, 5.74) is 0.952. The molecule has 7 heteroatoms. The Morgan fingerprint density at radius 1 is 1.39 bits per heavy atom. The highest BCUT2D eigenvalue weighted by Gasteiger charge is 2.30. The Balaban J connectivity index is 1.70. The average Bonchev–Trinajstić information content (AvgIpc) is 3.05. The molecule has 6 nitrogen and oxygen atoms in total. The molecule has 0 spiro atoms. The van der Waals surface area contributed by atoms with Gasteiger partial charge in [0.25, 0.3) is 0 Å². The molecule has 1 fully saturated rings. The number of thiazole rings is 1. The number of aromatic nitrogens is 3. The molecule has 1 saturated heterocycles. The molecule has 0 saturated carbocycles. The molecule has 1 atom stereocenters.